The fourth-order valence-electron chi connectivity index (χ4n) is 8.99. The second kappa shape index (κ2) is 10.3. The van der Waals surface area contributed by atoms with Crippen molar-refractivity contribution in [2.75, 3.05) is 9.80 Å². The Morgan fingerprint density at radius 1 is 0.740 bits per heavy atom. The Labute approximate surface area is 292 Å². The first-order chi connectivity index (χ1) is 24.3. The highest BCUT2D eigenvalue weighted by Crippen LogP contribution is 2.58. The van der Waals surface area contributed by atoms with Crippen molar-refractivity contribution in [2.45, 2.75) is 45.1 Å². The van der Waals surface area contributed by atoms with Crippen molar-refractivity contribution in [2.24, 2.45) is 0 Å². The van der Waals surface area contributed by atoms with Crippen LogP contribution in [0.1, 0.15) is 49.4 Å². The molecule has 0 fully saturated rings. The standard InChI is InChI=1S/C46H37N3O/c1-29-22-25-41(47-28-29)48(31-23-24-36-32-16-9-12-20-38(32)49(46(36,4)27-31)30-14-6-5-7-15-30)39-26-37-42(33-17-8-11-19-35(33)45(37,2)3)44-43(39)34-18-10-13-21-40(34)50-44/h5-26,28H,27H2,1-4H3/t46-/m0/s1. The summed E-state index contributed by atoms with van der Waals surface area (Å²) in [5.41, 5.74) is 14.8. The fraction of sp³-hybridized carbons (Fsp3) is 0.152. The van der Waals surface area contributed by atoms with E-state index in [1.165, 1.54) is 50.5 Å². The minimum absolute atomic E-state index is 0.211. The quantitative estimate of drug-likeness (QED) is 0.190. The van der Waals surface area contributed by atoms with E-state index < -0.39 is 0 Å². The molecular formula is C46H37N3O. The zero-order valence-corrected chi connectivity index (χ0v) is 28.7. The summed E-state index contributed by atoms with van der Waals surface area (Å²) in [5, 5.41) is 2.22. The van der Waals surface area contributed by atoms with Crippen LogP contribution in [0.5, 0.6) is 0 Å². The third-order valence-electron chi connectivity index (χ3n) is 11.3. The summed E-state index contributed by atoms with van der Waals surface area (Å²) in [7, 11) is 0. The molecule has 1 atom stereocenters. The number of hydrogen-bond acceptors (Lipinski definition) is 4. The van der Waals surface area contributed by atoms with Crippen LogP contribution in [-0.2, 0) is 5.41 Å². The number of para-hydroxylation sites is 3. The maximum Gasteiger partial charge on any atom is 0.145 e. The largest absolute Gasteiger partial charge is 0.455 e. The van der Waals surface area contributed by atoms with Gasteiger partial charge in [-0.1, -0.05) is 105 Å². The van der Waals surface area contributed by atoms with Crippen molar-refractivity contribution in [1.29, 1.82) is 0 Å². The van der Waals surface area contributed by atoms with Crippen molar-refractivity contribution >= 4 is 50.4 Å². The molecule has 0 saturated heterocycles. The minimum atomic E-state index is -0.331. The van der Waals surface area contributed by atoms with E-state index in [2.05, 4.69) is 171 Å². The molecule has 10 rings (SSSR count). The lowest BCUT2D eigenvalue weighted by atomic mass is 9.80. The van der Waals surface area contributed by atoms with Crippen LogP contribution in [0.3, 0.4) is 0 Å². The van der Waals surface area contributed by atoms with Crippen LogP contribution in [0.15, 0.2) is 150 Å². The molecule has 0 saturated carbocycles. The molecule has 7 aromatic rings. The first-order valence-corrected chi connectivity index (χ1v) is 17.5. The topological polar surface area (TPSA) is 32.5 Å². The molecule has 0 amide bonds. The maximum absolute atomic E-state index is 6.90. The highest BCUT2D eigenvalue weighted by atomic mass is 16.3. The number of hydrogen-bond donors (Lipinski definition) is 0. The summed E-state index contributed by atoms with van der Waals surface area (Å²) >= 11 is 0. The highest BCUT2D eigenvalue weighted by Gasteiger charge is 2.48. The zero-order chi connectivity index (χ0) is 33.8. The van der Waals surface area contributed by atoms with Crippen LogP contribution < -0.4 is 9.80 Å². The van der Waals surface area contributed by atoms with Gasteiger partial charge in [0.1, 0.15) is 17.0 Å². The van der Waals surface area contributed by atoms with Gasteiger partial charge in [0.25, 0.3) is 0 Å². The average Bonchev–Trinajstić information content (AvgIpc) is 3.73. The van der Waals surface area contributed by atoms with Crippen molar-refractivity contribution in [3.63, 3.8) is 0 Å². The summed E-state index contributed by atoms with van der Waals surface area (Å²) in [6.45, 7) is 9.17. The molecule has 4 heteroatoms. The molecule has 0 bridgehead atoms. The third kappa shape index (κ3) is 3.90. The molecule has 0 N–H and O–H groups in total. The molecule has 2 aliphatic carbocycles. The molecule has 3 aliphatic rings. The Morgan fingerprint density at radius 2 is 1.48 bits per heavy atom. The van der Waals surface area contributed by atoms with Gasteiger partial charge in [0, 0.05) is 51.6 Å². The van der Waals surface area contributed by atoms with Crippen LogP contribution >= 0.6 is 0 Å². The molecule has 0 radical (unpaired) electrons. The molecule has 1 aliphatic heterocycles. The Balaban J connectivity index is 1.26. The van der Waals surface area contributed by atoms with Crippen LogP contribution in [0, 0.1) is 6.92 Å². The van der Waals surface area contributed by atoms with Crippen LogP contribution in [-0.4, -0.2) is 10.5 Å². The SMILES string of the molecule is Cc1ccc(N(C2=CC=C3c4ccccc4N(c4ccccc4)[C@@]3(C)C2)c2cc3c(c4oc5ccccc5c24)-c2ccccc2C3(C)C)nc1. The van der Waals surface area contributed by atoms with E-state index in [1.807, 2.05) is 6.20 Å². The van der Waals surface area contributed by atoms with Crippen molar-refractivity contribution in [3.8, 4) is 11.1 Å². The summed E-state index contributed by atoms with van der Waals surface area (Å²) in [6.07, 6.45) is 7.43. The molecule has 50 heavy (non-hydrogen) atoms. The molecule has 2 aromatic heterocycles. The van der Waals surface area contributed by atoms with Crippen LogP contribution in [0.2, 0.25) is 0 Å². The maximum atomic E-state index is 6.90. The second-order valence-electron chi connectivity index (χ2n) is 14.7. The molecule has 0 spiro atoms. The van der Waals surface area contributed by atoms with Gasteiger partial charge in [0.15, 0.2) is 0 Å². The third-order valence-corrected chi connectivity index (χ3v) is 11.3. The summed E-state index contributed by atoms with van der Waals surface area (Å²) in [4.78, 5) is 10.1. The first kappa shape index (κ1) is 29.1. The number of allylic oxidation sites excluding steroid dienone is 2. The van der Waals surface area contributed by atoms with Gasteiger partial charge in [0.05, 0.1) is 16.6 Å². The number of anilines is 4. The fourth-order valence-corrected chi connectivity index (χ4v) is 8.99. The van der Waals surface area contributed by atoms with E-state index in [0.29, 0.717) is 0 Å². The average molecular weight is 648 g/mol. The smallest absolute Gasteiger partial charge is 0.145 e. The van der Waals surface area contributed by atoms with Crippen molar-refractivity contribution in [3.05, 3.63) is 168 Å². The lowest BCUT2D eigenvalue weighted by Gasteiger charge is -2.42. The summed E-state index contributed by atoms with van der Waals surface area (Å²) in [5.74, 6) is 0.893. The Kier molecular flexibility index (Phi) is 6.00. The predicted molar refractivity (Wildman–Crippen MR) is 207 cm³/mol. The Morgan fingerprint density at radius 3 is 2.30 bits per heavy atom. The highest BCUT2D eigenvalue weighted by molar-refractivity contribution is 6.18. The molecule has 3 heterocycles. The predicted octanol–water partition coefficient (Wildman–Crippen LogP) is 12.0. The van der Waals surface area contributed by atoms with E-state index in [9.17, 15) is 0 Å². The number of rotatable bonds is 4. The molecule has 4 nitrogen and oxygen atoms in total. The lowest BCUT2D eigenvalue weighted by molar-refractivity contribution is 0.584. The van der Waals surface area contributed by atoms with Crippen LogP contribution in [0.25, 0.3) is 38.6 Å². The van der Waals surface area contributed by atoms with E-state index >= 15 is 0 Å². The Bertz CT molecular complexity index is 2570. The number of nitrogens with zero attached hydrogens (tertiary/aromatic N) is 3. The van der Waals surface area contributed by atoms with E-state index in [1.54, 1.807) is 0 Å². The number of furan rings is 1. The molecule has 5 aromatic carbocycles. The van der Waals surface area contributed by atoms with Crippen molar-refractivity contribution in [1.82, 2.24) is 4.98 Å². The first-order valence-electron chi connectivity index (χ1n) is 17.5. The molecule has 0 unspecified atom stereocenters. The van der Waals surface area contributed by atoms with Gasteiger partial charge < -0.3 is 9.32 Å². The molecule has 242 valence electrons. The van der Waals surface area contributed by atoms with E-state index in [-0.39, 0.29) is 11.0 Å². The van der Waals surface area contributed by atoms with Gasteiger partial charge >= 0.3 is 0 Å². The minimum Gasteiger partial charge on any atom is -0.455 e. The van der Waals surface area contributed by atoms with Gasteiger partial charge in [-0.2, -0.15) is 0 Å². The summed E-state index contributed by atoms with van der Waals surface area (Å²) in [6, 6.07) is 43.7. The number of benzene rings is 5. The Hall–Kier alpha value is -5.87. The number of aromatic nitrogens is 1. The van der Waals surface area contributed by atoms with Gasteiger partial charge in [0.2, 0.25) is 0 Å². The number of fused-ring (bicyclic) bond motifs is 10. The summed E-state index contributed by atoms with van der Waals surface area (Å²) < 4.78 is 6.90. The number of pyridine rings is 1. The monoisotopic (exact) mass is 647 g/mol. The van der Waals surface area contributed by atoms with Gasteiger partial charge in [-0.05, 0) is 84.1 Å². The van der Waals surface area contributed by atoms with Crippen molar-refractivity contribution < 1.29 is 4.42 Å². The zero-order valence-electron chi connectivity index (χ0n) is 28.7. The van der Waals surface area contributed by atoms with Crippen LogP contribution in [0.4, 0.5) is 22.9 Å². The molecular weight excluding hydrogens is 611 g/mol. The van der Waals surface area contributed by atoms with E-state index in [0.717, 1.165) is 45.4 Å². The lowest BCUT2D eigenvalue weighted by Crippen LogP contribution is -2.43. The normalized spacial score (nSPS) is 18.4. The van der Waals surface area contributed by atoms with Gasteiger partial charge in [-0.15, -0.1) is 0 Å². The van der Waals surface area contributed by atoms with E-state index in [4.69, 9.17) is 9.40 Å². The van der Waals surface area contributed by atoms with Gasteiger partial charge in [-0.25, -0.2) is 4.98 Å². The second-order valence-corrected chi connectivity index (χ2v) is 14.7. The number of aryl methyl sites for hydroxylation is 1. The van der Waals surface area contributed by atoms with Gasteiger partial charge in [-0.3, -0.25) is 4.90 Å².